The molecule has 1 aliphatic rings. The Kier molecular flexibility index (Phi) is 4.40. The largest absolute Gasteiger partial charge is 0.268 e. The van der Waals surface area contributed by atoms with Gasteiger partial charge in [0.2, 0.25) is 10.0 Å². The van der Waals surface area contributed by atoms with E-state index in [2.05, 4.69) is 0 Å². The van der Waals surface area contributed by atoms with Gasteiger partial charge in [-0.1, -0.05) is 6.07 Å². The molecule has 0 radical (unpaired) electrons. The Balaban J connectivity index is 2.15. The van der Waals surface area contributed by atoms with Gasteiger partial charge in [-0.05, 0) is 47.2 Å². The molecule has 1 aromatic rings. The van der Waals surface area contributed by atoms with Gasteiger partial charge in [-0.3, -0.25) is 4.79 Å². The molecule has 0 saturated carbocycles. The van der Waals surface area contributed by atoms with Crippen LogP contribution in [0.3, 0.4) is 0 Å². The summed E-state index contributed by atoms with van der Waals surface area (Å²) in [4.78, 5) is 11.9. The number of rotatable bonds is 3. The molecular formula is C11H12INO5S2. The molecule has 1 fully saturated rings. The van der Waals surface area contributed by atoms with Gasteiger partial charge in [0, 0.05) is 9.13 Å². The van der Waals surface area contributed by atoms with Crippen LogP contribution in [0.1, 0.15) is 16.8 Å². The molecule has 0 aromatic heterocycles. The lowest BCUT2D eigenvalue weighted by Crippen LogP contribution is -2.39. The Bertz CT molecular complexity index is 742. The average molecular weight is 429 g/mol. The monoisotopic (exact) mass is 429 g/mol. The van der Waals surface area contributed by atoms with E-state index in [-0.39, 0.29) is 17.7 Å². The van der Waals surface area contributed by atoms with Gasteiger partial charge in [0.25, 0.3) is 5.91 Å². The molecule has 1 heterocycles. The molecule has 0 spiro atoms. The van der Waals surface area contributed by atoms with Crippen LogP contribution in [0.25, 0.3) is 0 Å². The van der Waals surface area contributed by atoms with Gasteiger partial charge in [0.05, 0.1) is 16.8 Å². The summed E-state index contributed by atoms with van der Waals surface area (Å²) in [5.41, 5.74) is 0.223. The third-order valence-corrected chi connectivity index (χ3v) is 7.35. The summed E-state index contributed by atoms with van der Waals surface area (Å²) in [5, 5.41) is -1.06. The second kappa shape index (κ2) is 5.60. The number of hydrogen-bond acceptors (Lipinski definition) is 5. The van der Waals surface area contributed by atoms with Crippen LogP contribution in [0.2, 0.25) is 0 Å². The van der Waals surface area contributed by atoms with Crippen LogP contribution >= 0.6 is 22.6 Å². The number of carbonyl (C=O) groups excluding carboxylic acids is 1. The van der Waals surface area contributed by atoms with E-state index >= 15 is 0 Å². The van der Waals surface area contributed by atoms with Crippen molar-refractivity contribution in [3.05, 3.63) is 33.4 Å². The molecule has 1 amide bonds. The molecule has 0 aliphatic carbocycles. The molecule has 1 N–H and O–H groups in total. The SMILES string of the molecule is O=C(NS(=O)(=O)[C@H]1CCS(=O)(=O)C1)c1cccc(I)c1. The fourth-order valence-corrected chi connectivity index (χ4v) is 6.45. The molecular weight excluding hydrogens is 417 g/mol. The topological polar surface area (TPSA) is 97.4 Å². The first kappa shape index (κ1) is 15.7. The highest BCUT2D eigenvalue weighted by Gasteiger charge is 2.38. The summed E-state index contributed by atoms with van der Waals surface area (Å²) < 4.78 is 49.3. The molecule has 110 valence electrons. The number of nitrogens with one attached hydrogen (secondary N) is 1. The summed E-state index contributed by atoms with van der Waals surface area (Å²) in [7, 11) is -7.29. The highest BCUT2D eigenvalue weighted by Crippen LogP contribution is 2.18. The zero-order valence-electron chi connectivity index (χ0n) is 10.2. The van der Waals surface area contributed by atoms with Crippen molar-refractivity contribution in [1.29, 1.82) is 0 Å². The number of sulfonamides is 1. The smallest absolute Gasteiger partial charge is 0.264 e. The van der Waals surface area contributed by atoms with Crippen LogP contribution in [-0.4, -0.2) is 39.5 Å². The normalized spacial score (nSPS) is 21.6. The van der Waals surface area contributed by atoms with E-state index in [4.69, 9.17) is 0 Å². The van der Waals surface area contributed by atoms with Crippen molar-refractivity contribution in [2.24, 2.45) is 0 Å². The van der Waals surface area contributed by atoms with Crippen LogP contribution in [0.5, 0.6) is 0 Å². The molecule has 1 aliphatic heterocycles. The zero-order valence-corrected chi connectivity index (χ0v) is 14.0. The third-order valence-electron chi connectivity index (χ3n) is 2.95. The standard InChI is InChI=1S/C11H12INO5S2/c12-9-3-1-2-8(6-9)11(14)13-20(17,18)10-4-5-19(15,16)7-10/h1-3,6,10H,4-5,7H2,(H,13,14)/t10-/m0/s1. The second-order valence-corrected chi connectivity index (χ2v) is 9.95. The molecule has 0 unspecified atom stereocenters. The van der Waals surface area contributed by atoms with E-state index in [9.17, 15) is 21.6 Å². The van der Waals surface area contributed by atoms with Crippen molar-refractivity contribution in [3.8, 4) is 0 Å². The number of amides is 1. The first-order chi connectivity index (χ1) is 9.20. The number of halogens is 1. The Morgan fingerprint density at radius 3 is 2.60 bits per heavy atom. The summed E-state index contributed by atoms with van der Waals surface area (Å²) >= 11 is 2.01. The minimum atomic E-state index is -3.97. The van der Waals surface area contributed by atoms with E-state index in [1.165, 1.54) is 6.07 Å². The van der Waals surface area contributed by atoms with Gasteiger partial charge >= 0.3 is 0 Å². The van der Waals surface area contributed by atoms with Crippen LogP contribution in [0.4, 0.5) is 0 Å². The highest BCUT2D eigenvalue weighted by atomic mass is 127. The number of sulfone groups is 1. The number of carbonyl (C=O) groups is 1. The summed E-state index contributed by atoms with van der Waals surface area (Å²) in [6, 6.07) is 6.47. The summed E-state index contributed by atoms with van der Waals surface area (Å²) in [6.07, 6.45) is 0.0251. The predicted molar refractivity (Wildman–Crippen MR) is 82.6 cm³/mol. The molecule has 9 heteroatoms. The van der Waals surface area contributed by atoms with Crippen LogP contribution in [-0.2, 0) is 19.9 Å². The average Bonchev–Trinajstić information content (AvgIpc) is 2.70. The maximum absolute atomic E-state index is 12.0. The highest BCUT2D eigenvalue weighted by molar-refractivity contribution is 14.1. The quantitative estimate of drug-likeness (QED) is 0.708. The van der Waals surface area contributed by atoms with Crippen molar-refractivity contribution in [2.45, 2.75) is 11.7 Å². The Morgan fingerprint density at radius 1 is 1.35 bits per heavy atom. The second-order valence-electron chi connectivity index (χ2n) is 4.51. The lowest BCUT2D eigenvalue weighted by Gasteiger charge is -2.11. The lowest BCUT2D eigenvalue weighted by atomic mass is 10.2. The molecule has 6 nitrogen and oxygen atoms in total. The molecule has 20 heavy (non-hydrogen) atoms. The molecule has 0 bridgehead atoms. The predicted octanol–water partition coefficient (Wildman–Crippen LogP) is 0.538. The van der Waals surface area contributed by atoms with Gasteiger partial charge in [-0.25, -0.2) is 21.6 Å². The van der Waals surface area contributed by atoms with Gasteiger partial charge in [-0.2, -0.15) is 0 Å². The van der Waals surface area contributed by atoms with Crippen molar-refractivity contribution in [1.82, 2.24) is 4.72 Å². The fraction of sp³-hybridized carbons (Fsp3) is 0.364. The lowest BCUT2D eigenvalue weighted by molar-refractivity contribution is 0.0981. The first-order valence-corrected chi connectivity index (χ1v) is 10.2. The Labute approximate surface area is 131 Å². The molecule has 2 rings (SSSR count). The van der Waals surface area contributed by atoms with Gasteiger partial charge in [-0.15, -0.1) is 0 Å². The molecule has 1 saturated heterocycles. The van der Waals surface area contributed by atoms with Crippen LogP contribution in [0, 0.1) is 3.57 Å². The van der Waals surface area contributed by atoms with Crippen molar-refractivity contribution < 1.29 is 21.6 Å². The summed E-state index contributed by atoms with van der Waals surface area (Å²) in [5.74, 6) is -1.33. The van der Waals surface area contributed by atoms with Crippen molar-refractivity contribution >= 4 is 48.4 Å². The minimum Gasteiger partial charge on any atom is -0.268 e. The fourth-order valence-electron chi connectivity index (χ4n) is 1.91. The number of benzene rings is 1. The molecule has 1 aromatic carbocycles. The van der Waals surface area contributed by atoms with Crippen molar-refractivity contribution in [2.75, 3.05) is 11.5 Å². The van der Waals surface area contributed by atoms with E-state index in [0.717, 1.165) is 3.57 Å². The molecule has 1 atom stereocenters. The maximum Gasteiger partial charge on any atom is 0.264 e. The zero-order chi connectivity index (χ0) is 15.0. The van der Waals surface area contributed by atoms with Gasteiger partial charge in [0.1, 0.15) is 0 Å². The summed E-state index contributed by atoms with van der Waals surface area (Å²) in [6.45, 7) is 0. The first-order valence-electron chi connectivity index (χ1n) is 5.71. The third kappa shape index (κ3) is 3.70. The maximum atomic E-state index is 12.0. The number of hydrogen-bond donors (Lipinski definition) is 1. The Morgan fingerprint density at radius 2 is 2.05 bits per heavy atom. The van der Waals surface area contributed by atoms with E-state index < -0.39 is 36.8 Å². The Hall–Kier alpha value is -0.680. The minimum absolute atomic E-state index is 0.0251. The van der Waals surface area contributed by atoms with Crippen LogP contribution < -0.4 is 4.72 Å². The van der Waals surface area contributed by atoms with Crippen LogP contribution in [0.15, 0.2) is 24.3 Å². The van der Waals surface area contributed by atoms with E-state index in [1.54, 1.807) is 18.2 Å². The van der Waals surface area contributed by atoms with Gasteiger partial charge < -0.3 is 0 Å². The van der Waals surface area contributed by atoms with E-state index in [0.29, 0.717) is 0 Å². The van der Waals surface area contributed by atoms with Gasteiger partial charge in [0.15, 0.2) is 9.84 Å². The van der Waals surface area contributed by atoms with Crippen molar-refractivity contribution in [3.63, 3.8) is 0 Å². The van der Waals surface area contributed by atoms with E-state index in [1.807, 2.05) is 27.3 Å².